The topological polar surface area (TPSA) is 63.3 Å². The second-order valence-electron chi connectivity index (χ2n) is 3.18. The number of hydrogen-bond donors (Lipinski definition) is 2. The van der Waals surface area contributed by atoms with E-state index in [1.54, 1.807) is 0 Å². The first kappa shape index (κ1) is 11.7. The molecule has 0 aliphatic carbocycles. The summed E-state index contributed by atoms with van der Waals surface area (Å²) in [6, 6.07) is 5.70. The van der Waals surface area contributed by atoms with Crippen LogP contribution in [0, 0.1) is 6.92 Å². The Kier molecular flexibility index (Phi) is 3.80. The number of carboxylic acids is 1. The second kappa shape index (κ2) is 4.89. The van der Waals surface area contributed by atoms with Gasteiger partial charge in [0.2, 0.25) is 0 Å². The van der Waals surface area contributed by atoms with Crippen LogP contribution < -0.4 is 5.73 Å². The molecule has 0 amide bonds. The van der Waals surface area contributed by atoms with Crippen LogP contribution in [0.25, 0.3) is 0 Å². The number of anilines is 1. The van der Waals surface area contributed by atoms with Crippen molar-refractivity contribution >= 4 is 23.4 Å². The second-order valence-corrected chi connectivity index (χ2v) is 4.20. The summed E-state index contributed by atoms with van der Waals surface area (Å²) in [6.07, 6.45) is 0. The van der Waals surface area contributed by atoms with Crippen LogP contribution in [0.3, 0.4) is 0 Å². The number of nitrogen functional groups attached to an aromatic ring is 1. The number of benzene rings is 1. The molecule has 0 saturated heterocycles. The van der Waals surface area contributed by atoms with E-state index in [0.29, 0.717) is 11.4 Å². The minimum atomic E-state index is -0.964. The molecule has 0 atom stereocenters. The van der Waals surface area contributed by atoms with Gasteiger partial charge in [0.15, 0.2) is 0 Å². The molecule has 0 heterocycles. The summed E-state index contributed by atoms with van der Waals surface area (Å²) >= 11 is 1.39. The predicted octanol–water partition coefficient (Wildman–Crippen LogP) is 2.31. The Labute approximate surface area is 93.0 Å². The van der Waals surface area contributed by atoms with E-state index in [0.717, 1.165) is 10.5 Å². The first-order valence-electron chi connectivity index (χ1n) is 4.41. The number of aryl methyl sites for hydroxylation is 1. The molecule has 15 heavy (non-hydrogen) atoms. The minimum Gasteiger partial charge on any atom is -0.478 e. The summed E-state index contributed by atoms with van der Waals surface area (Å²) in [7, 11) is 0. The molecular weight excluding hydrogens is 210 g/mol. The monoisotopic (exact) mass is 223 g/mol. The molecule has 0 aliphatic rings. The van der Waals surface area contributed by atoms with Gasteiger partial charge in [-0.3, -0.25) is 0 Å². The maximum atomic E-state index is 10.5. The Bertz CT molecular complexity index is 402. The van der Waals surface area contributed by atoms with Gasteiger partial charge in [-0.05, 0) is 18.6 Å². The van der Waals surface area contributed by atoms with Gasteiger partial charge in [0, 0.05) is 21.9 Å². The zero-order valence-electron chi connectivity index (χ0n) is 8.49. The lowest BCUT2D eigenvalue weighted by molar-refractivity contribution is -0.132. The van der Waals surface area contributed by atoms with Crippen LogP contribution in [0.5, 0.6) is 0 Å². The van der Waals surface area contributed by atoms with Gasteiger partial charge in [0.05, 0.1) is 0 Å². The summed E-state index contributed by atoms with van der Waals surface area (Å²) in [6.45, 7) is 5.38. The van der Waals surface area contributed by atoms with E-state index >= 15 is 0 Å². The van der Waals surface area contributed by atoms with E-state index in [1.165, 1.54) is 11.8 Å². The SMILES string of the molecule is C=C(CSc1cccc(C)c1N)C(=O)O. The number of thioether (sulfide) groups is 1. The molecule has 0 aromatic heterocycles. The van der Waals surface area contributed by atoms with Crippen molar-refractivity contribution in [1.82, 2.24) is 0 Å². The third kappa shape index (κ3) is 3.02. The molecule has 0 saturated carbocycles. The summed E-state index contributed by atoms with van der Waals surface area (Å²) in [5.41, 5.74) is 7.74. The van der Waals surface area contributed by atoms with Gasteiger partial charge in [-0.1, -0.05) is 18.7 Å². The molecule has 1 rings (SSSR count). The smallest absolute Gasteiger partial charge is 0.331 e. The average Bonchev–Trinajstić information content (AvgIpc) is 2.19. The molecule has 0 bridgehead atoms. The number of carboxylic acid groups (broad SMARTS) is 1. The zero-order valence-corrected chi connectivity index (χ0v) is 9.30. The van der Waals surface area contributed by atoms with Crippen LogP contribution in [-0.2, 0) is 4.79 Å². The van der Waals surface area contributed by atoms with Crippen molar-refractivity contribution in [2.24, 2.45) is 0 Å². The number of hydrogen-bond acceptors (Lipinski definition) is 3. The molecule has 4 heteroatoms. The Morgan fingerprint density at radius 2 is 2.27 bits per heavy atom. The third-order valence-corrected chi connectivity index (χ3v) is 3.15. The van der Waals surface area contributed by atoms with Gasteiger partial charge in [0.1, 0.15) is 0 Å². The van der Waals surface area contributed by atoms with Gasteiger partial charge in [-0.15, -0.1) is 11.8 Å². The summed E-state index contributed by atoms with van der Waals surface area (Å²) in [5, 5.41) is 8.64. The summed E-state index contributed by atoms with van der Waals surface area (Å²) < 4.78 is 0. The Balaban J connectivity index is 2.70. The number of rotatable bonds is 4. The first-order valence-corrected chi connectivity index (χ1v) is 5.40. The summed E-state index contributed by atoms with van der Waals surface area (Å²) in [4.78, 5) is 11.4. The molecule has 0 spiro atoms. The van der Waals surface area contributed by atoms with Crippen molar-refractivity contribution < 1.29 is 9.90 Å². The lowest BCUT2D eigenvalue weighted by Crippen LogP contribution is -2.01. The maximum absolute atomic E-state index is 10.5. The maximum Gasteiger partial charge on any atom is 0.331 e. The number of nitrogens with two attached hydrogens (primary N) is 1. The summed E-state index contributed by atoms with van der Waals surface area (Å²) in [5.74, 6) is -0.614. The van der Waals surface area contributed by atoms with E-state index in [4.69, 9.17) is 10.8 Å². The number of aliphatic carboxylic acids is 1. The van der Waals surface area contributed by atoms with Crippen LogP contribution in [-0.4, -0.2) is 16.8 Å². The predicted molar refractivity (Wildman–Crippen MR) is 63.1 cm³/mol. The van der Waals surface area contributed by atoms with Crippen molar-refractivity contribution in [3.63, 3.8) is 0 Å². The van der Waals surface area contributed by atoms with Crippen LogP contribution in [0.1, 0.15) is 5.56 Å². The van der Waals surface area contributed by atoms with E-state index in [1.807, 2.05) is 25.1 Å². The molecule has 1 aromatic rings. The van der Waals surface area contributed by atoms with Gasteiger partial charge in [-0.2, -0.15) is 0 Å². The van der Waals surface area contributed by atoms with Gasteiger partial charge < -0.3 is 10.8 Å². The van der Waals surface area contributed by atoms with Crippen LogP contribution in [0.2, 0.25) is 0 Å². The van der Waals surface area contributed by atoms with Crippen molar-refractivity contribution in [1.29, 1.82) is 0 Å². The highest BCUT2D eigenvalue weighted by Gasteiger charge is 2.07. The number of carbonyl (C=O) groups is 1. The van der Waals surface area contributed by atoms with Crippen molar-refractivity contribution in [3.05, 3.63) is 35.9 Å². The molecule has 1 aromatic carbocycles. The molecule has 0 radical (unpaired) electrons. The fourth-order valence-electron chi connectivity index (χ4n) is 1.01. The lowest BCUT2D eigenvalue weighted by atomic mass is 10.2. The van der Waals surface area contributed by atoms with E-state index in [2.05, 4.69) is 6.58 Å². The fourth-order valence-corrected chi connectivity index (χ4v) is 1.95. The molecular formula is C11H13NO2S. The van der Waals surface area contributed by atoms with Gasteiger partial charge >= 0.3 is 5.97 Å². The fraction of sp³-hybridized carbons (Fsp3) is 0.182. The van der Waals surface area contributed by atoms with Gasteiger partial charge in [-0.25, -0.2) is 4.79 Å². The van der Waals surface area contributed by atoms with E-state index in [9.17, 15) is 4.79 Å². The molecule has 0 unspecified atom stereocenters. The Morgan fingerprint density at radius 3 is 2.87 bits per heavy atom. The van der Waals surface area contributed by atoms with Crippen LogP contribution in [0.4, 0.5) is 5.69 Å². The first-order chi connectivity index (χ1) is 7.02. The van der Waals surface area contributed by atoms with E-state index in [-0.39, 0.29) is 5.57 Å². The third-order valence-electron chi connectivity index (χ3n) is 1.99. The standard InChI is InChI=1S/C11H13NO2S/c1-7-4-3-5-9(10(7)12)15-6-8(2)11(13)14/h3-5H,2,6,12H2,1H3,(H,13,14). The Hall–Kier alpha value is -1.42. The molecule has 80 valence electrons. The van der Waals surface area contributed by atoms with Crippen molar-refractivity contribution in [3.8, 4) is 0 Å². The van der Waals surface area contributed by atoms with Crippen molar-refractivity contribution in [2.75, 3.05) is 11.5 Å². The highest BCUT2D eigenvalue weighted by atomic mass is 32.2. The minimum absolute atomic E-state index is 0.181. The highest BCUT2D eigenvalue weighted by Crippen LogP contribution is 2.28. The molecule has 0 aliphatic heterocycles. The van der Waals surface area contributed by atoms with Crippen molar-refractivity contribution in [2.45, 2.75) is 11.8 Å². The highest BCUT2D eigenvalue weighted by molar-refractivity contribution is 7.99. The van der Waals surface area contributed by atoms with E-state index < -0.39 is 5.97 Å². The average molecular weight is 223 g/mol. The number of para-hydroxylation sites is 1. The molecule has 3 N–H and O–H groups in total. The van der Waals surface area contributed by atoms with Crippen LogP contribution in [0.15, 0.2) is 35.2 Å². The normalized spacial score (nSPS) is 9.93. The Morgan fingerprint density at radius 1 is 1.60 bits per heavy atom. The zero-order chi connectivity index (χ0) is 11.4. The largest absolute Gasteiger partial charge is 0.478 e. The quantitative estimate of drug-likeness (QED) is 0.467. The molecule has 0 fully saturated rings. The van der Waals surface area contributed by atoms with Crippen LogP contribution >= 0.6 is 11.8 Å². The lowest BCUT2D eigenvalue weighted by Gasteiger charge is -2.07. The molecule has 3 nitrogen and oxygen atoms in total. The van der Waals surface area contributed by atoms with Gasteiger partial charge in [0.25, 0.3) is 0 Å².